The average Bonchev–Trinajstić information content (AvgIpc) is 2.33. The molecule has 0 fully saturated rings. The van der Waals surface area contributed by atoms with E-state index in [1.807, 2.05) is 19.1 Å². The zero-order chi connectivity index (χ0) is 13.3. The van der Waals surface area contributed by atoms with E-state index in [2.05, 4.69) is 0 Å². The number of benzene rings is 2. The Bertz CT molecular complexity index is 620. The summed E-state index contributed by atoms with van der Waals surface area (Å²) < 4.78 is 13.3. The lowest BCUT2D eigenvalue weighted by Gasteiger charge is -2.08. The van der Waals surface area contributed by atoms with Crippen molar-refractivity contribution < 1.29 is 9.18 Å². The molecule has 0 unspecified atom stereocenters. The molecule has 0 aliphatic carbocycles. The summed E-state index contributed by atoms with van der Waals surface area (Å²) in [7, 11) is 0. The van der Waals surface area contributed by atoms with E-state index in [0.717, 1.165) is 5.56 Å². The normalized spacial score (nSPS) is 10.4. The van der Waals surface area contributed by atoms with Gasteiger partial charge < -0.3 is 0 Å². The van der Waals surface area contributed by atoms with Gasteiger partial charge in [0, 0.05) is 11.1 Å². The molecular formula is C15H12ClFO. The van der Waals surface area contributed by atoms with E-state index in [9.17, 15) is 9.18 Å². The van der Waals surface area contributed by atoms with E-state index in [4.69, 9.17) is 11.6 Å². The molecule has 0 saturated heterocycles. The largest absolute Gasteiger partial charge is 0.289 e. The predicted molar refractivity (Wildman–Crippen MR) is 70.8 cm³/mol. The molecular weight excluding hydrogens is 251 g/mol. The van der Waals surface area contributed by atoms with Gasteiger partial charge in [-0.1, -0.05) is 35.9 Å². The smallest absolute Gasteiger partial charge is 0.194 e. The summed E-state index contributed by atoms with van der Waals surface area (Å²) in [6, 6.07) is 9.94. The van der Waals surface area contributed by atoms with Crippen LogP contribution in [0.4, 0.5) is 4.39 Å². The Morgan fingerprint density at radius 1 is 1.06 bits per heavy atom. The summed E-state index contributed by atoms with van der Waals surface area (Å²) in [5, 5.41) is 0.145. The summed E-state index contributed by atoms with van der Waals surface area (Å²) in [5.74, 6) is -0.581. The molecule has 0 aliphatic heterocycles. The molecule has 92 valence electrons. The van der Waals surface area contributed by atoms with Gasteiger partial charge in [0.25, 0.3) is 0 Å². The number of hydrogen-bond acceptors (Lipinski definition) is 1. The topological polar surface area (TPSA) is 17.1 Å². The molecule has 0 N–H and O–H groups in total. The Morgan fingerprint density at radius 3 is 2.39 bits per heavy atom. The maximum absolute atomic E-state index is 13.3. The van der Waals surface area contributed by atoms with Gasteiger partial charge in [-0.25, -0.2) is 4.39 Å². The lowest BCUT2D eigenvalue weighted by Crippen LogP contribution is -2.05. The summed E-state index contributed by atoms with van der Waals surface area (Å²) >= 11 is 5.94. The van der Waals surface area contributed by atoms with Gasteiger partial charge >= 0.3 is 0 Å². The molecule has 2 aromatic rings. The highest BCUT2D eigenvalue weighted by Crippen LogP contribution is 2.24. The Kier molecular flexibility index (Phi) is 3.48. The van der Waals surface area contributed by atoms with Crippen LogP contribution in [0, 0.1) is 19.7 Å². The van der Waals surface area contributed by atoms with Crippen molar-refractivity contribution in [1.29, 1.82) is 0 Å². The van der Waals surface area contributed by atoms with Crippen molar-refractivity contribution in [3.63, 3.8) is 0 Å². The fourth-order valence-electron chi connectivity index (χ4n) is 1.80. The third kappa shape index (κ3) is 2.29. The first-order valence-electron chi connectivity index (χ1n) is 5.56. The molecule has 0 radical (unpaired) electrons. The number of ketones is 1. The van der Waals surface area contributed by atoms with Crippen LogP contribution in [0.2, 0.25) is 5.02 Å². The second-order valence-electron chi connectivity index (χ2n) is 4.23. The molecule has 0 amide bonds. The first-order valence-corrected chi connectivity index (χ1v) is 5.94. The van der Waals surface area contributed by atoms with E-state index in [-0.39, 0.29) is 10.8 Å². The third-order valence-electron chi connectivity index (χ3n) is 2.88. The number of carbonyl (C=O) groups excluding carboxylic acids is 1. The van der Waals surface area contributed by atoms with Crippen LogP contribution in [-0.2, 0) is 0 Å². The summed E-state index contributed by atoms with van der Waals surface area (Å²) in [4.78, 5) is 12.3. The minimum absolute atomic E-state index is 0.145. The van der Waals surface area contributed by atoms with E-state index < -0.39 is 5.82 Å². The van der Waals surface area contributed by atoms with Crippen LogP contribution in [-0.4, -0.2) is 5.78 Å². The first kappa shape index (κ1) is 12.8. The molecule has 18 heavy (non-hydrogen) atoms. The van der Waals surface area contributed by atoms with Gasteiger partial charge in [-0.2, -0.15) is 0 Å². The van der Waals surface area contributed by atoms with E-state index in [1.165, 1.54) is 12.1 Å². The Labute approximate surface area is 110 Å². The van der Waals surface area contributed by atoms with Crippen molar-refractivity contribution in [3.05, 3.63) is 69.5 Å². The fourth-order valence-corrected chi connectivity index (χ4v) is 2.04. The minimum atomic E-state index is -0.402. The second-order valence-corrected chi connectivity index (χ2v) is 4.63. The highest BCUT2D eigenvalue weighted by molar-refractivity contribution is 6.35. The SMILES string of the molecule is Cc1cc(C(=O)c2ccccc2C)c(Cl)cc1F. The van der Waals surface area contributed by atoms with Gasteiger partial charge in [0.05, 0.1) is 5.02 Å². The number of aryl methyl sites for hydroxylation is 2. The minimum Gasteiger partial charge on any atom is -0.289 e. The van der Waals surface area contributed by atoms with Gasteiger partial charge in [-0.15, -0.1) is 0 Å². The van der Waals surface area contributed by atoms with Crippen LogP contribution in [0.3, 0.4) is 0 Å². The van der Waals surface area contributed by atoms with Crippen molar-refractivity contribution in [1.82, 2.24) is 0 Å². The number of carbonyl (C=O) groups is 1. The van der Waals surface area contributed by atoms with Crippen molar-refractivity contribution in [2.24, 2.45) is 0 Å². The molecule has 2 rings (SSSR count). The number of hydrogen-bond donors (Lipinski definition) is 0. The highest BCUT2D eigenvalue weighted by Gasteiger charge is 2.16. The summed E-state index contributed by atoms with van der Waals surface area (Å²) in [6.45, 7) is 3.47. The van der Waals surface area contributed by atoms with Gasteiger partial charge in [0.15, 0.2) is 5.78 Å². The second kappa shape index (κ2) is 4.91. The molecule has 0 bridgehead atoms. The van der Waals surface area contributed by atoms with Crippen LogP contribution in [0.15, 0.2) is 36.4 Å². The molecule has 0 saturated carbocycles. The Morgan fingerprint density at radius 2 is 1.72 bits per heavy atom. The lowest BCUT2D eigenvalue weighted by atomic mass is 9.98. The van der Waals surface area contributed by atoms with Gasteiger partial charge in [-0.05, 0) is 37.1 Å². The van der Waals surface area contributed by atoms with E-state index in [0.29, 0.717) is 16.7 Å². The molecule has 1 nitrogen and oxygen atoms in total. The van der Waals surface area contributed by atoms with Crippen molar-refractivity contribution in [2.75, 3.05) is 0 Å². The predicted octanol–water partition coefficient (Wildman–Crippen LogP) is 4.33. The zero-order valence-corrected chi connectivity index (χ0v) is 10.9. The fraction of sp³-hybridized carbons (Fsp3) is 0.133. The Hall–Kier alpha value is -1.67. The van der Waals surface area contributed by atoms with Crippen LogP contribution in [0.1, 0.15) is 27.0 Å². The molecule has 0 aliphatic rings. The van der Waals surface area contributed by atoms with Crippen LogP contribution in [0.25, 0.3) is 0 Å². The maximum Gasteiger partial charge on any atom is 0.194 e. The molecule has 0 atom stereocenters. The first-order chi connectivity index (χ1) is 8.50. The number of halogens is 2. The number of rotatable bonds is 2. The average molecular weight is 263 g/mol. The molecule has 0 spiro atoms. The Balaban J connectivity index is 2.53. The van der Waals surface area contributed by atoms with Gasteiger partial charge in [0.1, 0.15) is 5.82 Å². The van der Waals surface area contributed by atoms with Crippen LogP contribution in [0.5, 0.6) is 0 Å². The summed E-state index contributed by atoms with van der Waals surface area (Å²) in [6.07, 6.45) is 0. The summed E-state index contributed by atoms with van der Waals surface area (Å²) in [5.41, 5.74) is 2.21. The monoisotopic (exact) mass is 262 g/mol. The van der Waals surface area contributed by atoms with E-state index in [1.54, 1.807) is 19.1 Å². The quantitative estimate of drug-likeness (QED) is 0.737. The lowest BCUT2D eigenvalue weighted by molar-refractivity contribution is 0.103. The van der Waals surface area contributed by atoms with Gasteiger partial charge in [-0.3, -0.25) is 4.79 Å². The van der Waals surface area contributed by atoms with Crippen molar-refractivity contribution in [2.45, 2.75) is 13.8 Å². The van der Waals surface area contributed by atoms with Gasteiger partial charge in [0.2, 0.25) is 0 Å². The third-order valence-corrected chi connectivity index (χ3v) is 3.20. The molecule has 0 heterocycles. The van der Waals surface area contributed by atoms with Crippen molar-refractivity contribution in [3.8, 4) is 0 Å². The standard InChI is InChI=1S/C15H12ClFO/c1-9-5-3-4-6-11(9)15(18)12-7-10(2)14(17)8-13(12)16/h3-8H,1-2H3. The molecule has 3 heteroatoms. The molecule has 0 aromatic heterocycles. The van der Waals surface area contributed by atoms with Crippen LogP contribution >= 0.6 is 11.6 Å². The molecule has 2 aromatic carbocycles. The zero-order valence-electron chi connectivity index (χ0n) is 10.1. The maximum atomic E-state index is 13.3. The van der Waals surface area contributed by atoms with E-state index >= 15 is 0 Å². The van der Waals surface area contributed by atoms with Crippen LogP contribution < -0.4 is 0 Å². The van der Waals surface area contributed by atoms with Crippen molar-refractivity contribution >= 4 is 17.4 Å². The highest BCUT2D eigenvalue weighted by atomic mass is 35.5.